The first-order chi connectivity index (χ1) is 9.02. The van der Waals surface area contributed by atoms with Crippen LogP contribution in [0.1, 0.15) is 16.1 Å². The minimum Gasteiger partial charge on any atom is -0.496 e. The van der Waals surface area contributed by atoms with Gasteiger partial charge in [0.25, 0.3) is 0 Å². The summed E-state index contributed by atoms with van der Waals surface area (Å²) in [5.41, 5.74) is 1.40. The molecule has 0 bridgehead atoms. The van der Waals surface area contributed by atoms with Gasteiger partial charge >= 0.3 is 5.97 Å². The molecule has 0 saturated heterocycles. The maximum Gasteiger partial charge on any atom is 0.354 e. The molecule has 98 valence electrons. The van der Waals surface area contributed by atoms with Crippen LogP contribution in [-0.4, -0.2) is 23.2 Å². The van der Waals surface area contributed by atoms with Crippen molar-refractivity contribution in [3.63, 3.8) is 0 Å². The van der Waals surface area contributed by atoms with Crippen molar-refractivity contribution >= 4 is 5.97 Å². The first-order valence-electron chi connectivity index (χ1n) is 5.56. The topological polar surface area (TPSA) is 59.4 Å². The second-order valence-corrected chi connectivity index (χ2v) is 4.06. The maximum absolute atomic E-state index is 13.9. The Kier molecular flexibility index (Phi) is 3.46. The first-order valence-corrected chi connectivity index (χ1v) is 5.56. The van der Waals surface area contributed by atoms with E-state index in [1.165, 1.54) is 25.4 Å². The number of carboxylic acids is 1. The minimum absolute atomic E-state index is 0.145. The zero-order valence-electron chi connectivity index (χ0n) is 10.5. The third-order valence-corrected chi connectivity index (χ3v) is 2.72. The molecule has 0 amide bonds. The van der Waals surface area contributed by atoms with Gasteiger partial charge in [-0.1, -0.05) is 12.1 Å². The number of aromatic carboxylic acids is 1. The SMILES string of the molecule is COc1cc(C(=O)O)ncc1-c1ccc(C)cc1F. The number of halogens is 1. The summed E-state index contributed by atoms with van der Waals surface area (Å²) in [6.07, 6.45) is 1.30. The number of nitrogens with zero attached hydrogens (tertiary/aromatic N) is 1. The lowest BCUT2D eigenvalue weighted by molar-refractivity contribution is 0.0690. The van der Waals surface area contributed by atoms with Crippen LogP contribution in [0.25, 0.3) is 11.1 Å². The predicted octanol–water partition coefficient (Wildman–Crippen LogP) is 2.90. The highest BCUT2D eigenvalue weighted by molar-refractivity contribution is 5.87. The molecule has 0 saturated carbocycles. The van der Waals surface area contributed by atoms with Crippen molar-refractivity contribution < 1.29 is 19.0 Å². The molecule has 19 heavy (non-hydrogen) atoms. The average molecular weight is 261 g/mol. The number of methoxy groups -OCH3 is 1. The van der Waals surface area contributed by atoms with Crippen LogP contribution in [0.5, 0.6) is 5.75 Å². The van der Waals surface area contributed by atoms with Crippen LogP contribution in [0.15, 0.2) is 30.5 Å². The molecule has 0 aliphatic carbocycles. The number of hydrogen-bond acceptors (Lipinski definition) is 3. The minimum atomic E-state index is -1.16. The highest BCUT2D eigenvalue weighted by Gasteiger charge is 2.14. The number of aromatic nitrogens is 1. The van der Waals surface area contributed by atoms with Gasteiger partial charge in [-0.05, 0) is 18.6 Å². The molecule has 0 aliphatic heterocycles. The summed E-state index contributed by atoms with van der Waals surface area (Å²) in [6.45, 7) is 1.79. The largest absolute Gasteiger partial charge is 0.496 e. The van der Waals surface area contributed by atoms with Gasteiger partial charge in [-0.2, -0.15) is 0 Å². The Labute approximate surface area is 109 Å². The van der Waals surface area contributed by atoms with E-state index in [1.54, 1.807) is 19.1 Å². The molecule has 0 unspecified atom stereocenters. The standard InChI is InChI=1S/C14H12FNO3/c1-8-3-4-9(11(15)5-8)10-7-16-12(14(17)18)6-13(10)19-2/h3-7H,1-2H3,(H,17,18). The van der Waals surface area contributed by atoms with Crippen LogP contribution < -0.4 is 4.74 Å². The number of carbonyl (C=O) groups is 1. The number of rotatable bonds is 3. The highest BCUT2D eigenvalue weighted by Crippen LogP contribution is 2.31. The summed E-state index contributed by atoms with van der Waals surface area (Å²) in [5.74, 6) is -1.28. The number of hydrogen-bond donors (Lipinski definition) is 1. The number of ether oxygens (including phenoxy) is 1. The normalized spacial score (nSPS) is 10.3. The maximum atomic E-state index is 13.9. The van der Waals surface area contributed by atoms with E-state index in [1.807, 2.05) is 0 Å². The van der Waals surface area contributed by atoms with Gasteiger partial charge in [-0.25, -0.2) is 14.2 Å². The van der Waals surface area contributed by atoms with E-state index in [0.717, 1.165) is 5.56 Å². The Morgan fingerprint density at radius 2 is 2.05 bits per heavy atom. The number of aryl methyl sites for hydroxylation is 1. The van der Waals surface area contributed by atoms with Gasteiger partial charge in [0.05, 0.1) is 7.11 Å². The second kappa shape index (κ2) is 5.06. The molecule has 1 N–H and O–H groups in total. The summed E-state index contributed by atoms with van der Waals surface area (Å²) >= 11 is 0. The molecule has 2 aromatic rings. The number of carboxylic acid groups (broad SMARTS) is 1. The van der Waals surface area contributed by atoms with Crippen molar-refractivity contribution in [2.24, 2.45) is 0 Å². The molecule has 1 aromatic carbocycles. The summed E-state index contributed by atoms with van der Waals surface area (Å²) < 4.78 is 19.0. The van der Waals surface area contributed by atoms with E-state index >= 15 is 0 Å². The number of benzene rings is 1. The highest BCUT2D eigenvalue weighted by atomic mass is 19.1. The summed E-state index contributed by atoms with van der Waals surface area (Å²) in [4.78, 5) is 14.6. The molecule has 0 fully saturated rings. The fourth-order valence-corrected chi connectivity index (χ4v) is 1.76. The second-order valence-electron chi connectivity index (χ2n) is 4.06. The smallest absolute Gasteiger partial charge is 0.354 e. The lowest BCUT2D eigenvalue weighted by Crippen LogP contribution is -2.02. The Balaban J connectivity index is 2.58. The molecule has 0 atom stereocenters. The Morgan fingerprint density at radius 3 is 2.63 bits per heavy atom. The molecular weight excluding hydrogens is 249 g/mol. The van der Waals surface area contributed by atoms with Gasteiger partial charge < -0.3 is 9.84 Å². The van der Waals surface area contributed by atoms with E-state index in [9.17, 15) is 9.18 Å². The molecule has 2 rings (SSSR count). The lowest BCUT2D eigenvalue weighted by Gasteiger charge is -2.10. The van der Waals surface area contributed by atoms with Crippen LogP contribution in [0.2, 0.25) is 0 Å². The fraction of sp³-hybridized carbons (Fsp3) is 0.143. The summed E-state index contributed by atoms with van der Waals surface area (Å²) in [5, 5.41) is 8.87. The van der Waals surface area contributed by atoms with Crippen molar-refractivity contribution in [2.75, 3.05) is 7.11 Å². The Hall–Kier alpha value is -2.43. The monoisotopic (exact) mass is 261 g/mol. The van der Waals surface area contributed by atoms with Crippen molar-refractivity contribution in [2.45, 2.75) is 6.92 Å². The van der Waals surface area contributed by atoms with Crippen LogP contribution >= 0.6 is 0 Å². The molecular formula is C14H12FNO3. The fourth-order valence-electron chi connectivity index (χ4n) is 1.76. The van der Waals surface area contributed by atoms with E-state index < -0.39 is 11.8 Å². The molecule has 1 heterocycles. The van der Waals surface area contributed by atoms with Gasteiger partial charge in [-0.15, -0.1) is 0 Å². The van der Waals surface area contributed by atoms with E-state index in [2.05, 4.69) is 4.98 Å². The molecule has 0 radical (unpaired) electrons. The van der Waals surface area contributed by atoms with Crippen molar-refractivity contribution in [1.29, 1.82) is 0 Å². The summed E-state index contributed by atoms with van der Waals surface area (Å²) in [7, 11) is 1.40. The van der Waals surface area contributed by atoms with Gasteiger partial charge in [0.15, 0.2) is 5.69 Å². The van der Waals surface area contributed by atoms with Gasteiger partial charge in [0, 0.05) is 23.4 Å². The third-order valence-electron chi connectivity index (χ3n) is 2.72. The van der Waals surface area contributed by atoms with Crippen LogP contribution in [0.3, 0.4) is 0 Å². The number of pyridine rings is 1. The van der Waals surface area contributed by atoms with E-state index in [4.69, 9.17) is 9.84 Å². The van der Waals surface area contributed by atoms with Crippen molar-refractivity contribution in [1.82, 2.24) is 4.98 Å². The molecule has 4 nitrogen and oxygen atoms in total. The Bertz CT molecular complexity index is 641. The first kappa shape index (κ1) is 13.0. The zero-order chi connectivity index (χ0) is 14.0. The molecule has 0 spiro atoms. The van der Waals surface area contributed by atoms with Crippen molar-refractivity contribution in [3.8, 4) is 16.9 Å². The van der Waals surface area contributed by atoms with Gasteiger partial charge in [0.1, 0.15) is 11.6 Å². The predicted molar refractivity (Wildman–Crippen MR) is 67.9 cm³/mol. The lowest BCUT2D eigenvalue weighted by atomic mass is 10.0. The van der Waals surface area contributed by atoms with Crippen LogP contribution in [0.4, 0.5) is 4.39 Å². The molecule has 1 aromatic heterocycles. The summed E-state index contributed by atoms with van der Waals surface area (Å²) in [6, 6.07) is 6.06. The molecule has 5 heteroatoms. The van der Waals surface area contributed by atoms with E-state index in [0.29, 0.717) is 11.1 Å². The van der Waals surface area contributed by atoms with E-state index in [-0.39, 0.29) is 11.4 Å². The third kappa shape index (κ3) is 2.54. The van der Waals surface area contributed by atoms with Crippen LogP contribution in [0, 0.1) is 12.7 Å². The molecule has 0 aliphatic rings. The van der Waals surface area contributed by atoms with Crippen LogP contribution in [-0.2, 0) is 0 Å². The Morgan fingerprint density at radius 1 is 1.32 bits per heavy atom. The van der Waals surface area contributed by atoms with Gasteiger partial charge in [-0.3, -0.25) is 0 Å². The average Bonchev–Trinajstić information content (AvgIpc) is 2.38. The quantitative estimate of drug-likeness (QED) is 0.922. The zero-order valence-corrected chi connectivity index (χ0v) is 10.5. The van der Waals surface area contributed by atoms with Crippen molar-refractivity contribution in [3.05, 3.63) is 47.5 Å². The van der Waals surface area contributed by atoms with Gasteiger partial charge in [0.2, 0.25) is 0 Å².